The summed E-state index contributed by atoms with van der Waals surface area (Å²) in [5.41, 5.74) is 0. The van der Waals surface area contributed by atoms with Crippen molar-refractivity contribution in [3.05, 3.63) is 52.9 Å². The second kappa shape index (κ2) is 10.5. The SMILES string of the molecule is CCN(CC)CCCNC(=O)c1ccc(C[S@](=O)c2ccccc2Cl)o1. The molecule has 2 aromatic rings. The average Bonchev–Trinajstić information content (AvgIpc) is 3.10. The molecule has 142 valence electrons. The lowest BCUT2D eigenvalue weighted by atomic mass is 10.3. The molecular weight excluding hydrogens is 372 g/mol. The quantitative estimate of drug-likeness (QED) is 0.622. The van der Waals surface area contributed by atoms with Crippen molar-refractivity contribution < 1.29 is 13.4 Å². The Balaban J connectivity index is 1.84. The number of furan rings is 1. The van der Waals surface area contributed by atoms with E-state index in [0.29, 0.717) is 22.2 Å². The number of carbonyl (C=O) groups excluding carboxylic acids is 1. The predicted molar refractivity (Wildman–Crippen MR) is 105 cm³/mol. The average molecular weight is 397 g/mol. The zero-order valence-corrected chi connectivity index (χ0v) is 16.7. The maximum absolute atomic E-state index is 12.4. The van der Waals surface area contributed by atoms with Crippen molar-refractivity contribution in [3.63, 3.8) is 0 Å². The third-order valence-corrected chi connectivity index (χ3v) is 5.91. The first kappa shape index (κ1) is 20.7. The van der Waals surface area contributed by atoms with Gasteiger partial charge in [0.2, 0.25) is 0 Å². The molecule has 26 heavy (non-hydrogen) atoms. The maximum Gasteiger partial charge on any atom is 0.286 e. The summed E-state index contributed by atoms with van der Waals surface area (Å²) in [6.07, 6.45) is 0.886. The van der Waals surface area contributed by atoms with E-state index >= 15 is 0 Å². The highest BCUT2D eigenvalue weighted by Gasteiger charge is 2.14. The molecule has 1 N–H and O–H groups in total. The molecule has 1 aromatic heterocycles. The van der Waals surface area contributed by atoms with E-state index < -0.39 is 10.8 Å². The number of hydrogen-bond donors (Lipinski definition) is 1. The Hall–Kier alpha value is -1.63. The molecule has 1 atom stereocenters. The smallest absolute Gasteiger partial charge is 0.286 e. The van der Waals surface area contributed by atoms with Crippen LogP contribution in [-0.2, 0) is 16.6 Å². The van der Waals surface area contributed by atoms with Crippen molar-refractivity contribution in [2.24, 2.45) is 0 Å². The van der Waals surface area contributed by atoms with E-state index in [1.807, 2.05) is 0 Å². The summed E-state index contributed by atoms with van der Waals surface area (Å²) < 4.78 is 17.9. The first-order valence-electron chi connectivity index (χ1n) is 8.77. The largest absolute Gasteiger partial charge is 0.455 e. The molecule has 0 spiro atoms. The van der Waals surface area contributed by atoms with Crippen LogP contribution in [0.5, 0.6) is 0 Å². The molecule has 1 amide bonds. The third kappa shape index (κ3) is 5.97. The Bertz CT molecular complexity index is 744. The zero-order chi connectivity index (χ0) is 18.9. The van der Waals surface area contributed by atoms with E-state index in [1.54, 1.807) is 36.4 Å². The monoisotopic (exact) mass is 396 g/mol. The van der Waals surface area contributed by atoms with Crippen LogP contribution in [-0.4, -0.2) is 41.2 Å². The van der Waals surface area contributed by atoms with E-state index in [1.165, 1.54) is 0 Å². The number of nitrogens with one attached hydrogen (secondary N) is 1. The van der Waals surface area contributed by atoms with E-state index in [0.717, 1.165) is 26.1 Å². The molecule has 5 nitrogen and oxygen atoms in total. The van der Waals surface area contributed by atoms with Gasteiger partial charge in [-0.2, -0.15) is 0 Å². The Kier molecular flexibility index (Phi) is 8.35. The summed E-state index contributed by atoms with van der Waals surface area (Å²) in [5.74, 6) is 0.661. The molecule has 1 heterocycles. The van der Waals surface area contributed by atoms with Gasteiger partial charge >= 0.3 is 0 Å². The van der Waals surface area contributed by atoms with E-state index in [-0.39, 0.29) is 17.4 Å². The van der Waals surface area contributed by atoms with Gasteiger partial charge in [-0.15, -0.1) is 0 Å². The predicted octanol–water partition coefficient (Wildman–Crippen LogP) is 3.70. The minimum Gasteiger partial charge on any atom is -0.455 e. The molecule has 1 aromatic carbocycles. The van der Waals surface area contributed by atoms with Gasteiger partial charge in [0.25, 0.3) is 5.91 Å². The number of nitrogens with zero attached hydrogens (tertiary/aromatic N) is 1. The molecule has 2 rings (SSSR count). The first-order valence-corrected chi connectivity index (χ1v) is 10.5. The van der Waals surface area contributed by atoms with Crippen LogP contribution in [0.25, 0.3) is 0 Å². The van der Waals surface area contributed by atoms with Crippen molar-refractivity contribution in [3.8, 4) is 0 Å². The van der Waals surface area contributed by atoms with Crippen LogP contribution in [0.15, 0.2) is 45.7 Å². The van der Waals surface area contributed by atoms with E-state index in [4.69, 9.17) is 16.0 Å². The summed E-state index contributed by atoms with van der Waals surface area (Å²) in [7, 11) is -1.32. The van der Waals surface area contributed by atoms with Crippen molar-refractivity contribution in [2.75, 3.05) is 26.2 Å². The van der Waals surface area contributed by atoms with Crippen LogP contribution in [0, 0.1) is 0 Å². The van der Waals surface area contributed by atoms with Gasteiger partial charge in [-0.05, 0) is 50.3 Å². The Morgan fingerprint density at radius 1 is 1.19 bits per heavy atom. The highest BCUT2D eigenvalue weighted by Crippen LogP contribution is 2.22. The number of carbonyl (C=O) groups is 1. The summed E-state index contributed by atoms with van der Waals surface area (Å²) >= 11 is 6.06. The Morgan fingerprint density at radius 3 is 2.62 bits per heavy atom. The van der Waals surface area contributed by atoms with Gasteiger partial charge < -0.3 is 14.6 Å². The minimum absolute atomic E-state index is 0.180. The van der Waals surface area contributed by atoms with Gasteiger partial charge in [-0.3, -0.25) is 9.00 Å². The second-order valence-electron chi connectivity index (χ2n) is 5.82. The van der Waals surface area contributed by atoms with Crippen molar-refractivity contribution >= 4 is 28.3 Å². The molecule has 0 aliphatic heterocycles. The lowest BCUT2D eigenvalue weighted by Crippen LogP contribution is -2.29. The lowest BCUT2D eigenvalue weighted by molar-refractivity contribution is 0.0922. The number of halogens is 1. The summed E-state index contributed by atoms with van der Waals surface area (Å²) in [4.78, 5) is 15.0. The molecule has 0 fully saturated rings. The van der Waals surface area contributed by atoms with Crippen molar-refractivity contribution in [2.45, 2.75) is 30.9 Å². The number of amides is 1. The van der Waals surface area contributed by atoms with Crippen LogP contribution in [0.2, 0.25) is 5.02 Å². The molecule has 0 unspecified atom stereocenters. The highest BCUT2D eigenvalue weighted by atomic mass is 35.5. The van der Waals surface area contributed by atoms with Crippen molar-refractivity contribution in [1.29, 1.82) is 0 Å². The molecule has 0 aliphatic carbocycles. The molecule has 0 aliphatic rings. The lowest BCUT2D eigenvalue weighted by Gasteiger charge is -2.17. The molecule has 0 saturated heterocycles. The van der Waals surface area contributed by atoms with Gasteiger partial charge in [0.05, 0.1) is 26.5 Å². The van der Waals surface area contributed by atoms with Gasteiger partial charge in [0.15, 0.2) is 5.76 Å². The Labute approximate surface area is 162 Å². The van der Waals surface area contributed by atoms with Gasteiger partial charge in [0, 0.05) is 6.54 Å². The van der Waals surface area contributed by atoms with Gasteiger partial charge in [-0.1, -0.05) is 37.6 Å². The van der Waals surface area contributed by atoms with E-state index in [9.17, 15) is 9.00 Å². The molecule has 0 saturated carbocycles. The number of benzene rings is 1. The summed E-state index contributed by atoms with van der Waals surface area (Å²) in [6.45, 7) is 7.81. The maximum atomic E-state index is 12.4. The van der Waals surface area contributed by atoms with Crippen LogP contribution in [0.1, 0.15) is 36.6 Å². The summed E-state index contributed by atoms with van der Waals surface area (Å²) in [6, 6.07) is 10.3. The van der Waals surface area contributed by atoms with Gasteiger partial charge in [0.1, 0.15) is 5.76 Å². The van der Waals surface area contributed by atoms with Crippen LogP contribution in [0.3, 0.4) is 0 Å². The highest BCUT2D eigenvalue weighted by molar-refractivity contribution is 7.84. The molecule has 0 bridgehead atoms. The number of hydrogen-bond acceptors (Lipinski definition) is 4. The summed E-state index contributed by atoms with van der Waals surface area (Å²) in [5, 5.41) is 3.32. The zero-order valence-electron chi connectivity index (χ0n) is 15.2. The second-order valence-corrected chi connectivity index (χ2v) is 7.65. The minimum atomic E-state index is -1.32. The van der Waals surface area contributed by atoms with Crippen LogP contribution >= 0.6 is 11.6 Å². The standard InChI is InChI=1S/C19H25ClN2O3S/c1-3-22(4-2)13-7-12-21-19(23)17-11-10-15(25-17)14-26(24)18-9-6-5-8-16(18)20/h5-6,8-11H,3-4,7,12-14H2,1-2H3,(H,21,23)/t26-/m0/s1. The molecule has 7 heteroatoms. The fourth-order valence-electron chi connectivity index (χ4n) is 2.55. The van der Waals surface area contributed by atoms with Crippen LogP contribution < -0.4 is 5.32 Å². The normalized spacial score (nSPS) is 12.3. The van der Waals surface area contributed by atoms with E-state index in [2.05, 4.69) is 24.1 Å². The first-order chi connectivity index (χ1) is 12.5. The molecule has 0 radical (unpaired) electrons. The van der Waals surface area contributed by atoms with Crippen LogP contribution in [0.4, 0.5) is 0 Å². The fourth-order valence-corrected chi connectivity index (χ4v) is 4.02. The molecular formula is C19H25ClN2O3S. The number of rotatable bonds is 10. The third-order valence-electron chi connectivity index (χ3n) is 4.07. The topological polar surface area (TPSA) is 62.6 Å². The van der Waals surface area contributed by atoms with Gasteiger partial charge in [-0.25, -0.2) is 0 Å². The Morgan fingerprint density at radius 2 is 1.92 bits per heavy atom. The van der Waals surface area contributed by atoms with Crippen molar-refractivity contribution in [1.82, 2.24) is 10.2 Å². The fraction of sp³-hybridized carbons (Fsp3) is 0.421.